The van der Waals surface area contributed by atoms with Crippen LogP contribution in [-0.2, 0) is 0 Å². The smallest absolute Gasteiger partial charge is 0.0886 e. The Morgan fingerprint density at radius 1 is 0.383 bits per heavy atom. The Morgan fingerprint density at radius 3 is 1.40 bits per heavy atom. The predicted molar refractivity (Wildman–Crippen MR) is 248 cm³/mol. The Balaban J connectivity index is 0.000000310. The molecule has 5 aromatic heterocycles. The molecule has 1 N–H and O–H groups in total. The minimum atomic E-state index is 0.889. The van der Waals surface area contributed by atoms with Gasteiger partial charge < -0.3 is 9.55 Å². The summed E-state index contributed by atoms with van der Waals surface area (Å²) in [7, 11) is 0. The van der Waals surface area contributed by atoms with E-state index >= 15 is 0 Å². The maximum atomic E-state index is 5.29. The van der Waals surface area contributed by atoms with Crippen molar-refractivity contribution in [3.8, 4) is 50.5 Å². The van der Waals surface area contributed by atoms with Crippen LogP contribution in [0.3, 0.4) is 0 Å². The van der Waals surface area contributed by atoms with Crippen molar-refractivity contribution >= 4 is 46.4 Å². The van der Waals surface area contributed by atoms with Gasteiger partial charge in [0.25, 0.3) is 0 Å². The zero-order chi connectivity index (χ0) is 40.1. The SMILES string of the molecule is C1=Cc2cc3c(-c4ccccc4)c(-c4ccccc4)c(c(-c4ccccc4)c4nc(cc5ccc(cc1n2)[nH]5)C=C4)n3-c1ccccc1.c1ccc(-c2ccccn2)nc1. The standard InChI is InChI=1S/C44H30N4.C10H8N2/c1-5-13-30(14-6-1)41-39-26-25-36(47-39)28-35-22-21-33(45-35)27-34-23-24-37(46-34)29-40-42(31-15-7-2-8-16-31)43(32-17-9-3-10-18-32)44(41)48(40)38-19-11-4-12-20-38;1-3-7-11-9(5-1)10-6-2-4-8-12-10/h1-29,45H;1-8H. The van der Waals surface area contributed by atoms with E-state index in [1.54, 1.807) is 12.4 Å². The number of fused-ring (bicyclic) bond motifs is 8. The van der Waals surface area contributed by atoms with Crippen molar-refractivity contribution in [2.45, 2.75) is 0 Å². The Morgan fingerprint density at radius 2 is 0.850 bits per heavy atom. The highest BCUT2D eigenvalue weighted by atomic mass is 15.0. The predicted octanol–water partition coefficient (Wildman–Crippen LogP) is 13.3. The molecular formula is C54H38N6. The summed E-state index contributed by atoms with van der Waals surface area (Å²) in [5, 5.41) is 0. The van der Waals surface area contributed by atoms with Gasteiger partial charge in [-0.15, -0.1) is 0 Å². The number of pyridine rings is 2. The second kappa shape index (κ2) is 16.3. The van der Waals surface area contributed by atoms with Gasteiger partial charge in [0.2, 0.25) is 0 Å². The van der Waals surface area contributed by atoms with Crippen LogP contribution in [0.15, 0.2) is 200 Å². The molecule has 11 rings (SSSR count). The van der Waals surface area contributed by atoms with Gasteiger partial charge in [-0.3, -0.25) is 9.97 Å². The fourth-order valence-electron chi connectivity index (χ4n) is 7.84. The number of H-pyrrole nitrogens is 1. The molecule has 4 aromatic carbocycles. The molecule has 0 aliphatic carbocycles. The van der Waals surface area contributed by atoms with Crippen molar-refractivity contribution in [2.24, 2.45) is 0 Å². The number of aromatic nitrogens is 6. The Kier molecular flexibility index (Phi) is 9.84. The molecule has 0 saturated carbocycles. The molecular weight excluding hydrogens is 733 g/mol. The largest absolute Gasteiger partial charge is 0.355 e. The van der Waals surface area contributed by atoms with Crippen molar-refractivity contribution in [3.05, 3.63) is 223 Å². The fourth-order valence-corrected chi connectivity index (χ4v) is 7.84. The van der Waals surface area contributed by atoms with Crippen LogP contribution >= 0.6 is 0 Å². The zero-order valence-corrected chi connectivity index (χ0v) is 32.6. The molecule has 0 unspecified atom stereocenters. The molecule has 284 valence electrons. The van der Waals surface area contributed by atoms with E-state index in [9.17, 15) is 0 Å². The molecule has 6 heteroatoms. The van der Waals surface area contributed by atoms with Crippen LogP contribution in [0.4, 0.5) is 0 Å². The molecule has 60 heavy (non-hydrogen) atoms. The van der Waals surface area contributed by atoms with Crippen LogP contribution in [-0.4, -0.2) is 29.5 Å². The lowest BCUT2D eigenvalue weighted by molar-refractivity contribution is 1.17. The number of hydrogen-bond acceptors (Lipinski definition) is 4. The van der Waals surface area contributed by atoms with E-state index in [1.165, 1.54) is 0 Å². The number of nitrogens with zero attached hydrogens (tertiary/aromatic N) is 5. The van der Waals surface area contributed by atoms with Crippen LogP contribution in [0.25, 0.3) is 96.8 Å². The third-order valence-electron chi connectivity index (χ3n) is 10.5. The van der Waals surface area contributed by atoms with Gasteiger partial charge in [0, 0.05) is 45.8 Å². The summed E-state index contributed by atoms with van der Waals surface area (Å²) in [6.07, 6.45) is 12.0. The van der Waals surface area contributed by atoms with Gasteiger partial charge in [0.05, 0.1) is 45.2 Å². The van der Waals surface area contributed by atoms with E-state index in [0.717, 1.165) is 95.3 Å². The lowest BCUT2D eigenvalue weighted by Crippen LogP contribution is -1.97. The summed E-state index contributed by atoms with van der Waals surface area (Å²) in [4.78, 5) is 22.3. The van der Waals surface area contributed by atoms with E-state index in [-0.39, 0.29) is 0 Å². The molecule has 7 heterocycles. The van der Waals surface area contributed by atoms with Gasteiger partial charge in [-0.1, -0.05) is 121 Å². The van der Waals surface area contributed by atoms with Crippen LogP contribution in [0.5, 0.6) is 0 Å². The van der Waals surface area contributed by atoms with Crippen LogP contribution < -0.4 is 0 Å². The van der Waals surface area contributed by atoms with E-state index in [1.807, 2.05) is 36.4 Å². The maximum absolute atomic E-state index is 5.29. The van der Waals surface area contributed by atoms with Gasteiger partial charge in [-0.05, 0) is 108 Å². The average molecular weight is 771 g/mol. The van der Waals surface area contributed by atoms with Crippen molar-refractivity contribution in [1.29, 1.82) is 0 Å². The quantitative estimate of drug-likeness (QED) is 0.189. The average Bonchev–Trinajstić information content (AvgIpc) is 4.14. The van der Waals surface area contributed by atoms with Gasteiger partial charge in [0.15, 0.2) is 0 Å². The van der Waals surface area contributed by atoms with E-state index < -0.39 is 0 Å². The van der Waals surface area contributed by atoms with Crippen molar-refractivity contribution in [2.75, 3.05) is 0 Å². The molecule has 8 bridgehead atoms. The first-order valence-corrected chi connectivity index (χ1v) is 20.0. The molecule has 0 amide bonds. The topological polar surface area (TPSA) is 72.3 Å². The van der Waals surface area contributed by atoms with E-state index in [0.29, 0.717) is 0 Å². The van der Waals surface area contributed by atoms with Gasteiger partial charge in [0.1, 0.15) is 0 Å². The fraction of sp³-hybridized carbons (Fsp3) is 0. The van der Waals surface area contributed by atoms with Crippen LogP contribution in [0.1, 0.15) is 22.8 Å². The van der Waals surface area contributed by atoms with Crippen LogP contribution in [0.2, 0.25) is 0 Å². The minimum absolute atomic E-state index is 0.889. The summed E-state index contributed by atoms with van der Waals surface area (Å²) >= 11 is 0. The second-order valence-electron chi connectivity index (χ2n) is 14.4. The first-order chi connectivity index (χ1) is 29.7. The van der Waals surface area contributed by atoms with Gasteiger partial charge in [-0.25, -0.2) is 9.97 Å². The van der Waals surface area contributed by atoms with E-state index in [4.69, 9.17) is 9.97 Å². The molecule has 0 fully saturated rings. The number of para-hydroxylation sites is 1. The molecule has 6 nitrogen and oxygen atoms in total. The minimum Gasteiger partial charge on any atom is -0.355 e. The third-order valence-corrected chi connectivity index (χ3v) is 10.5. The molecule has 0 saturated heterocycles. The summed E-state index contributed by atoms with van der Waals surface area (Å²) in [5.41, 5.74) is 17.3. The normalized spacial score (nSPS) is 11.5. The van der Waals surface area contributed by atoms with Crippen molar-refractivity contribution < 1.29 is 0 Å². The number of nitrogens with one attached hydrogen (secondary N) is 1. The zero-order valence-electron chi connectivity index (χ0n) is 32.6. The molecule has 0 atom stereocenters. The highest BCUT2D eigenvalue weighted by Crippen LogP contribution is 2.47. The summed E-state index contributed by atoms with van der Waals surface area (Å²) in [6, 6.07) is 64.9. The first kappa shape index (κ1) is 36.1. The Hall–Kier alpha value is -8.22. The molecule has 2 aliphatic heterocycles. The van der Waals surface area contributed by atoms with Crippen molar-refractivity contribution in [1.82, 2.24) is 29.5 Å². The highest BCUT2D eigenvalue weighted by molar-refractivity contribution is 6.10. The monoisotopic (exact) mass is 770 g/mol. The second-order valence-corrected chi connectivity index (χ2v) is 14.4. The van der Waals surface area contributed by atoms with Gasteiger partial charge in [-0.2, -0.15) is 0 Å². The maximum Gasteiger partial charge on any atom is 0.0886 e. The number of benzene rings is 4. The lowest BCUT2D eigenvalue weighted by Gasteiger charge is -2.13. The van der Waals surface area contributed by atoms with Gasteiger partial charge >= 0.3 is 0 Å². The van der Waals surface area contributed by atoms with Crippen LogP contribution in [0, 0.1) is 0 Å². The Bertz CT molecular complexity index is 3120. The summed E-state index contributed by atoms with van der Waals surface area (Å²) in [6.45, 7) is 0. The molecule has 9 aromatic rings. The number of hydrogen-bond donors (Lipinski definition) is 1. The lowest BCUT2D eigenvalue weighted by atomic mass is 9.93. The molecule has 0 spiro atoms. The Labute approximate surface area is 348 Å². The summed E-state index contributed by atoms with van der Waals surface area (Å²) < 4.78 is 2.41. The first-order valence-electron chi connectivity index (χ1n) is 20.0. The third kappa shape index (κ3) is 7.37. The van der Waals surface area contributed by atoms with E-state index in [2.05, 4.69) is 195 Å². The summed E-state index contributed by atoms with van der Waals surface area (Å²) in [5.74, 6) is 0. The molecule has 2 aliphatic rings. The number of rotatable bonds is 5. The van der Waals surface area contributed by atoms with Crippen molar-refractivity contribution in [3.63, 3.8) is 0 Å². The number of aromatic amines is 1. The molecule has 0 radical (unpaired) electrons. The highest BCUT2D eigenvalue weighted by Gasteiger charge is 2.25.